The summed E-state index contributed by atoms with van der Waals surface area (Å²) in [4.78, 5) is 25.5. The summed E-state index contributed by atoms with van der Waals surface area (Å²) < 4.78 is 0.788. The average molecular weight is 342 g/mol. The normalized spacial score (nSPS) is 10.2. The minimum atomic E-state index is -0.267. The summed E-state index contributed by atoms with van der Waals surface area (Å²) in [5, 5.41) is 2.71. The molecule has 1 aromatic carbocycles. The van der Waals surface area contributed by atoms with Gasteiger partial charge in [-0.25, -0.2) is 0 Å². The van der Waals surface area contributed by atoms with Crippen molar-refractivity contribution in [1.29, 1.82) is 0 Å². The molecule has 2 amide bonds. The number of nitrogen functional groups attached to an aromatic ring is 1. The lowest BCUT2D eigenvalue weighted by Crippen LogP contribution is -2.34. The van der Waals surface area contributed by atoms with Crippen LogP contribution in [0.3, 0.4) is 0 Å². The number of halogens is 1. The largest absolute Gasteiger partial charge is 0.398 e. The van der Waals surface area contributed by atoms with E-state index in [0.717, 1.165) is 4.47 Å². The zero-order valence-corrected chi connectivity index (χ0v) is 13.4. The third-order valence-electron chi connectivity index (χ3n) is 3.00. The molecule has 0 spiro atoms. The molecule has 0 fully saturated rings. The van der Waals surface area contributed by atoms with Crippen LogP contribution >= 0.6 is 15.9 Å². The molecular weight excluding hydrogens is 322 g/mol. The Labute approximate surface area is 127 Å². The first-order valence-corrected chi connectivity index (χ1v) is 7.39. The summed E-state index contributed by atoms with van der Waals surface area (Å²) in [7, 11) is 0. The smallest absolute Gasteiger partial charge is 0.253 e. The predicted octanol–water partition coefficient (Wildman–Crippen LogP) is 2.02. The van der Waals surface area contributed by atoms with Crippen molar-refractivity contribution >= 4 is 33.4 Å². The van der Waals surface area contributed by atoms with Crippen molar-refractivity contribution in [2.45, 2.75) is 20.3 Å². The van der Waals surface area contributed by atoms with E-state index in [1.165, 1.54) is 0 Å². The van der Waals surface area contributed by atoms with E-state index in [0.29, 0.717) is 37.3 Å². The van der Waals surface area contributed by atoms with Gasteiger partial charge in [-0.05, 0) is 32.0 Å². The highest BCUT2D eigenvalue weighted by Gasteiger charge is 2.12. The molecule has 0 radical (unpaired) electrons. The standard InChI is InChI=1S/C14H20BrN3O2/c1-3-18(4-2)13(19)7-8-17-14(20)11-9-10(15)5-6-12(11)16/h5-6,9H,3-4,7-8,16H2,1-2H3,(H,17,20). The molecule has 0 heterocycles. The molecule has 0 saturated heterocycles. The zero-order chi connectivity index (χ0) is 15.1. The monoisotopic (exact) mass is 341 g/mol. The van der Waals surface area contributed by atoms with Crippen LogP contribution in [0.1, 0.15) is 30.6 Å². The highest BCUT2D eigenvalue weighted by atomic mass is 79.9. The summed E-state index contributed by atoms with van der Waals surface area (Å²) in [6, 6.07) is 5.10. The molecule has 20 heavy (non-hydrogen) atoms. The van der Waals surface area contributed by atoms with Gasteiger partial charge in [0, 0.05) is 36.2 Å². The molecule has 0 aromatic heterocycles. The second-order valence-electron chi connectivity index (χ2n) is 4.30. The molecule has 1 aromatic rings. The van der Waals surface area contributed by atoms with Crippen LogP contribution in [0.2, 0.25) is 0 Å². The van der Waals surface area contributed by atoms with Crippen molar-refractivity contribution in [3.63, 3.8) is 0 Å². The summed E-state index contributed by atoms with van der Waals surface area (Å²) >= 11 is 3.30. The van der Waals surface area contributed by atoms with Gasteiger partial charge in [-0.1, -0.05) is 15.9 Å². The van der Waals surface area contributed by atoms with Gasteiger partial charge < -0.3 is 16.0 Å². The van der Waals surface area contributed by atoms with Crippen molar-refractivity contribution < 1.29 is 9.59 Å². The average Bonchev–Trinajstić information content (AvgIpc) is 2.42. The van der Waals surface area contributed by atoms with Crippen molar-refractivity contribution in [3.8, 4) is 0 Å². The first-order valence-electron chi connectivity index (χ1n) is 6.60. The number of nitrogens with two attached hydrogens (primary N) is 1. The second-order valence-corrected chi connectivity index (χ2v) is 5.22. The van der Waals surface area contributed by atoms with Crippen LogP contribution < -0.4 is 11.1 Å². The Morgan fingerprint density at radius 2 is 1.95 bits per heavy atom. The van der Waals surface area contributed by atoms with E-state index in [-0.39, 0.29) is 11.8 Å². The van der Waals surface area contributed by atoms with Crippen LogP contribution in [0.5, 0.6) is 0 Å². The Balaban J connectivity index is 2.52. The van der Waals surface area contributed by atoms with Crippen LogP contribution in [-0.4, -0.2) is 36.3 Å². The van der Waals surface area contributed by atoms with Gasteiger partial charge in [0.25, 0.3) is 5.91 Å². The lowest BCUT2D eigenvalue weighted by Gasteiger charge is -2.18. The van der Waals surface area contributed by atoms with Crippen LogP contribution in [0, 0.1) is 0 Å². The molecule has 1 rings (SSSR count). The number of nitrogens with zero attached hydrogens (tertiary/aromatic N) is 1. The van der Waals surface area contributed by atoms with E-state index in [1.807, 2.05) is 13.8 Å². The van der Waals surface area contributed by atoms with Gasteiger partial charge >= 0.3 is 0 Å². The maximum atomic E-state index is 12.0. The third-order valence-corrected chi connectivity index (χ3v) is 3.49. The minimum Gasteiger partial charge on any atom is -0.398 e. The summed E-state index contributed by atoms with van der Waals surface area (Å²) in [6.45, 7) is 5.54. The van der Waals surface area contributed by atoms with Gasteiger partial charge in [-0.3, -0.25) is 9.59 Å². The molecule has 0 aliphatic rings. The molecular formula is C14H20BrN3O2. The van der Waals surface area contributed by atoms with Crippen molar-refractivity contribution in [2.75, 3.05) is 25.4 Å². The number of carbonyl (C=O) groups excluding carboxylic acids is 2. The number of anilines is 1. The quantitative estimate of drug-likeness (QED) is 0.777. The number of benzene rings is 1. The minimum absolute atomic E-state index is 0.0394. The molecule has 0 aliphatic heterocycles. The van der Waals surface area contributed by atoms with Gasteiger partial charge in [-0.15, -0.1) is 0 Å². The number of hydrogen-bond acceptors (Lipinski definition) is 3. The topological polar surface area (TPSA) is 75.4 Å². The van der Waals surface area contributed by atoms with Crippen molar-refractivity contribution in [3.05, 3.63) is 28.2 Å². The van der Waals surface area contributed by atoms with Gasteiger partial charge in [0.2, 0.25) is 5.91 Å². The van der Waals surface area contributed by atoms with Gasteiger partial charge in [0.1, 0.15) is 0 Å². The Morgan fingerprint density at radius 3 is 2.55 bits per heavy atom. The molecule has 6 heteroatoms. The fraction of sp³-hybridized carbons (Fsp3) is 0.429. The number of rotatable bonds is 6. The van der Waals surface area contributed by atoms with Crippen LogP contribution in [0.25, 0.3) is 0 Å². The molecule has 0 saturated carbocycles. The summed E-state index contributed by atoms with van der Waals surface area (Å²) in [5.74, 6) is -0.228. The number of hydrogen-bond donors (Lipinski definition) is 2. The molecule has 3 N–H and O–H groups in total. The van der Waals surface area contributed by atoms with Crippen molar-refractivity contribution in [1.82, 2.24) is 10.2 Å². The lowest BCUT2D eigenvalue weighted by molar-refractivity contribution is -0.130. The Morgan fingerprint density at radius 1 is 1.30 bits per heavy atom. The van der Waals surface area contributed by atoms with Gasteiger partial charge in [0.15, 0.2) is 0 Å². The fourth-order valence-electron chi connectivity index (χ4n) is 1.84. The number of amides is 2. The molecule has 0 bridgehead atoms. The Kier molecular flexibility index (Phi) is 6.51. The zero-order valence-electron chi connectivity index (χ0n) is 11.8. The summed E-state index contributed by atoms with van der Waals surface area (Å²) in [5.41, 5.74) is 6.59. The second kappa shape index (κ2) is 7.89. The maximum Gasteiger partial charge on any atom is 0.253 e. The van der Waals surface area contributed by atoms with E-state index in [9.17, 15) is 9.59 Å². The highest BCUT2D eigenvalue weighted by Crippen LogP contribution is 2.18. The Bertz CT molecular complexity index is 487. The first-order chi connectivity index (χ1) is 9.49. The third kappa shape index (κ3) is 4.52. The highest BCUT2D eigenvalue weighted by molar-refractivity contribution is 9.10. The SMILES string of the molecule is CCN(CC)C(=O)CCNC(=O)c1cc(Br)ccc1N. The maximum absolute atomic E-state index is 12.0. The van der Waals surface area contributed by atoms with E-state index in [1.54, 1.807) is 23.1 Å². The van der Waals surface area contributed by atoms with Gasteiger partial charge in [0.05, 0.1) is 5.56 Å². The number of carbonyl (C=O) groups is 2. The fourth-order valence-corrected chi connectivity index (χ4v) is 2.20. The molecule has 110 valence electrons. The lowest BCUT2D eigenvalue weighted by atomic mass is 10.1. The van der Waals surface area contributed by atoms with E-state index in [2.05, 4.69) is 21.2 Å². The van der Waals surface area contributed by atoms with Crippen LogP contribution in [-0.2, 0) is 4.79 Å². The van der Waals surface area contributed by atoms with E-state index < -0.39 is 0 Å². The number of nitrogens with one attached hydrogen (secondary N) is 1. The van der Waals surface area contributed by atoms with Crippen LogP contribution in [0.15, 0.2) is 22.7 Å². The molecule has 0 unspecified atom stereocenters. The van der Waals surface area contributed by atoms with Gasteiger partial charge in [-0.2, -0.15) is 0 Å². The van der Waals surface area contributed by atoms with E-state index >= 15 is 0 Å². The van der Waals surface area contributed by atoms with Crippen molar-refractivity contribution in [2.24, 2.45) is 0 Å². The molecule has 0 atom stereocenters. The predicted molar refractivity (Wildman–Crippen MR) is 83.4 cm³/mol. The summed E-state index contributed by atoms with van der Waals surface area (Å²) in [6.07, 6.45) is 0.293. The Hall–Kier alpha value is -1.56. The van der Waals surface area contributed by atoms with E-state index in [4.69, 9.17) is 5.73 Å². The molecule has 0 aliphatic carbocycles. The first kappa shape index (κ1) is 16.5. The molecule has 5 nitrogen and oxygen atoms in total. The van der Waals surface area contributed by atoms with Crippen LogP contribution in [0.4, 0.5) is 5.69 Å².